The standard InChI is InChI=1S/C22H17N5O2S/c28-20(26-24-14-16-7-6-12-23-13-16)15-30-22-25-19-11-5-4-10-18(19)21(29)27(22)17-8-2-1-3-9-17/h1-14H,15H2,(H,26,28)/b24-14-. The predicted molar refractivity (Wildman–Crippen MR) is 118 cm³/mol. The Hall–Kier alpha value is -3.78. The zero-order chi connectivity index (χ0) is 20.8. The Balaban J connectivity index is 1.57. The van der Waals surface area contributed by atoms with Gasteiger partial charge < -0.3 is 0 Å². The van der Waals surface area contributed by atoms with Crippen molar-refractivity contribution in [2.75, 3.05) is 5.75 Å². The number of carbonyl (C=O) groups excluding carboxylic acids is 1. The van der Waals surface area contributed by atoms with Crippen molar-refractivity contribution in [2.45, 2.75) is 5.16 Å². The Kier molecular flexibility index (Phi) is 5.95. The van der Waals surface area contributed by atoms with E-state index in [0.717, 1.165) is 5.56 Å². The first-order valence-electron chi connectivity index (χ1n) is 9.14. The van der Waals surface area contributed by atoms with E-state index in [0.29, 0.717) is 21.7 Å². The zero-order valence-electron chi connectivity index (χ0n) is 15.8. The highest BCUT2D eigenvalue weighted by Crippen LogP contribution is 2.21. The lowest BCUT2D eigenvalue weighted by Crippen LogP contribution is -2.24. The average Bonchev–Trinajstić information content (AvgIpc) is 2.79. The van der Waals surface area contributed by atoms with E-state index >= 15 is 0 Å². The number of carbonyl (C=O) groups is 1. The average molecular weight is 415 g/mol. The summed E-state index contributed by atoms with van der Waals surface area (Å²) < 4.78 is 1.53. The Morgan fingerprint density at radius 3 is 2.67 bits per heavy atom. The monoisotopic (exact) mass is 415 g/mol. The molecule has 2 aromatic heterocycles. The van der Waals surface area contributed by atoms with Gasteiger partial charge in [0.05, 0.1) is 28.6 Å². The minimum atomic E-state index is -0.304. The quantitative estimate of drug-likeness (QED) is 0.226. The first-order chi connectivity index (χ1) is 14.7. The molecule has 0 saturated carbocycles. The third-order valence-corrected chi connectivity index (χ3v) is 5.12. The minimum absolute atomic E-state index is 0.0575. The topological polar surface area (TPSA) is 89.2 Å². The number of benzene rings is 2. The molecule has 1 N–H and O–H groups in total. The largest absolute Gasteiger partial charge is 0.272 e. The highest BCUT2D eigenvalue weighted by Gasteiger charge is 2.14. The molecule has 0 spiro atoms. The SMILES string of the molecule is O=C(CSc1nc2ccccc2c(=O)n1-c1ccccc1)N/N=C\c1cccnc1. The maximum Gasteiger partial charge on any atom is 0.266 e. The van der Waals surface area contributed by atoms with Gasteiger partial charge >= 0.3 is 0 Å². The van der Waals surface area contributed by atoms with Gasteiger partial charge in [-0.15, -0.1) is 0 Å². The first-order valence-corrected chi connectivity index (χ1v) is 10.1. The van der Waals surface area contributed by atoms with E-state index in [4.69, 9.17) is 0 Å². The third kappa shape index (κ3) is 4.44. The summed E-state index contributed by atoms with van der Waals surface area (Å²) in [7, 11) is 0. The fourth-order valence-electron chi connectivity index (χ4n) is 2.81. The van der Waals surface area contributed by atoms with Gasteiger partial charge in [0.1, 0.15) is 0 Å². The summed E-state index contributed by atoms with van der Waals surface area (Å²) in [5.41, 5.74) is 4.36. The van der Waals surface area contributed by atoms with Gasteiger partial charge in [-0.05, 0) is 30.3 Å². The molecule has 0 fully saturated rings. The molecule has 1 amide bonds. The molecule has 0 saturated heterocycles. The molecular weight excluding hydrogens is 398 g/mol. The van der Waals surface area contributed by atoms with Crippen molar-refractivity contribution in [2.24, 2.45) is 5.10 Å². The van der Waals surface area contributed by atoms with Crippen molar-refractivity contribution >= 4 is 34.8 Å². The lowest BCUT2D eigenvalue weighted by molar-refractivity contribution is -0.118. The molecular formula is C22H17N5O2S. The molecule has 0 aliphatic carbocycles. The molecule has 0 bridgehead atoms. The smallest absolute Gasteiger partial charge is 0.266 e. The van der Waals surface area contributed by atoms with E-state index < -0.39 is 0 Å². The highest BCUT2D eigenvalue weighted by atomic mass is 32.2. The van der Waals surface area contributed by atoms with Crippen LogP contribution in [-0.4, -0.2) is 32.4 Å². The van der Waals surface area contributed by atoms with Crippen LogP contribution >= 0.6 is 11.8 Å². The van der Waals surface area contributed by atoms with Crippen molar-refractivity contribution in [3.05, 3.63) is 95.0 Å². The van der Waals surface area contributed by atoms with E-state index in [9.17, 15) is 9.59 Å². The Bertz CT molecular complexity index is 1260. The summed E-state index contributed by atoms with van der Waals surface area (Å²) in [6, 6.07) is 20.0. The summed E-state index contributed by atoms with van der Waals surface area (Å²) in [5, 5.41) is 4.90. The Labute approximate surface area is 176 Å². The number of rotatable bonds is 6. The summed E-state index contributed by atoms with van der Waals surface area (Å²) in [4.78, 5) is 33.9. The summed E-state index contributed by atoms with van der Waals surface area (Å²) in [6.45, 7) is 0. The molecule has 148 valence electrons. The summed E-state index contributed by atoms with van der Waals surface area (Å²) >= 11 is 1.18. The van der Waals surface area contributed by atoms with Crippen molar-refractivity contribution in [3.8, 4) is 5.69 Å². The van der Waals surface area contributed by atoms with Crippen LogP contribution in [-0.2, 0) is 4.79 Å². The van der Waals surface area contributed by atoms with Crippen LogP contribution in [0.4, 0.5) is 0 Å². The number of hydrogen-bond donors (Lipinski definition) is 1. The number of nitrogens with one attached hydrogen (secondary N) is 1. The van der Waals surface area contributed by atoms with Crippen LogP contribution in [0.1, 0.15) is 5.56 Å². The number of para-hydroxylation sites is 2. The molecule has 2 aromatic carbocycles. The van der Waals surface area contributed by atoms with Gasteiger partial charge in [0.15, 0.2) is 5.16 Å². The number of amides is 1. The maximum absolute atomic E-state index is 13.1. The van der Waals surface area contributed by atoms with Crippen molar-refractivity contribution in [1.82, 2.24) is 20.0 Å². The van der Waals surface area contributed by atoms with Crippen LogP contribution in [0.2, 0.25) is 0 Å². The molecule has 4 aromatic rings. The molecule has 30 heavy (non-hydrogen) atoms. The third-order valence-electron chi connectivity index (χ3n) is 4.18. The van der Waals surface area contributed by atoms with Crippen LogP contribution < -0.4 is 11.0 Å². The van der Waals surface area contributed by atoms with Gasteiger partial charge in [-0.3, -0.25) is 19.1 Å². The van der Waals surface area contributed by atoms with E-state index in [-0.39, 0.29) is 17.2 Å². The van der Waals surface area contributed by atoms with E-state index in [2.05, 4.69) is 20.5 Å². The van der Waals surface area contributed by atoms with Crippen LogP contribution in [0.3, 0.4) is 0 Å². The minimum Gasteiger partial charge on any atom is -0.272 e. The second kappa shape index (κ2) is 9.15. The van der Waals surface area contributed by atoms with Gasteiger partial charge in [-0.2, -0.15) is 5.10 Å². The molecule has 2 heterocycles. The lowest BCUT2D eigenvalue weighted by Gasteiger charge is -2.12. The summed E-state index contributed by atoms with van der Waals surface area (Å²) in [5.74, 6) is -0.246. The number of thioether (sulfide) groups is 1. The molecule has 0 atom stereocenters. The normalized spacial score (nSPS) is 11.1. The molecule has 4 rings (SSSR count). The van der Waals surface area contributed by atoms with Crippen LogP contribution in [0.5, 0.6) is 0 Å². The van der Waals surface area contributed by atoms with Crippen molar-refractivity contribution in [3.63, 3.8) is 0 Å². The molecule has 8 heteroatoms. The Morgan fingerprint density at radius 1 is 1.07 bits per heavy atom. The second-order valence-corrected chi connectivity index (χ2v) is 7.20. The number of aromatic nitrogens is 3. The van der Waals surface area contributed by atoms with Gasteiger partial charge in [0, 0.05) is 18.0 Å². The maximum atomic E-state index is 13.1. The predicted octanol–water partition coefficient (Wildman–Crippen LogP) is 3.02. The number of nitrogens with zero attached hydrogens (tertiary/aromatic N) is 4. The van der Waals surface area contributed by atoms with Crippen molar-refractivity contribution in [1.29, 1.82) is 0 Å². The van der Waals surface area contributed by atoms with Gasteiger partial charge in [0.2, 0.25) is 0 Å². The number of hydrazone groups is 1. The van der Waals surface area contributed by atoms with Crippen LogP contribution in [0, 0.1) is 0 Å². The zero-order valence-corrected chi connectivity index (χ0v) is 16.6. The van der Waals surface area contributed by atoms with Gasteiger partial charge in [-0.1, -0.05) is 48.2 Å². The van der Waals surface area contributed by atoms with Crippen molar-refractivity contribution < 1.29 is 4.79 Å². The molecule has 7 nitrogen and oxygen atoms in total. The second-order valence-electron chi connectivity index (χ2n) is 6.26. The fourth-order valence-corrected chi connectivity index (χ4v) is 3.61. The Morgan fingerprint density at radius 2 is 1.87 bits per heavy atom. The summed E-state index contributed by atoms with van der Waals surface area (Å²) in [6.07, 6.45) is 4.82. The lowest BCUT2D eigenvalue weighted by atomic mass is 10.2. The van der Waals surface area contributed by atoms with Crippen LogP contribution in [0.15, 0.2) is 94.2 Å². The van der Waals surface area contributed by atoms with E-state index in [1.54, 1.807) is 36.7 Å². The molecule has 0 aliphatic rings. The molecule has 0 aliphatic heterocycles. The first kappa shape index (κ1) is 19.5. The van der Waals surface area contributed by atoms with E-state index in [1.807, 2.05) is 42.5 Å². The number of fused-ring (bicyclic) bond motifs is 1. The molecule has 0 unspecified atom stereocenters. The van der Waals surface area contributed by atoms with Gasteiger partial charge in [0.25, 0.3) is 11.5 Å². The van der Waals surface area contributed by atoms with E-state index in [1.165, 1.54) is 22.5 Å². The highest BCUT2D eigenvalue weighted by molar-refractivity contribution is 7.99. The van der Waals surface area contributed by atoms with Crippen LogP contribution in [0.25, 0.3) is 16.6 Å². The fraction of sp³-hybridized carbons (Fsp3) is 0.0455. The number of pyridine rings is 1. The number of hydrogen-bond acceptors (Lipinski definition) is 6. The van der Waals surface area contributed by atoms with Gasteiger partial charge in [-0.25, -0.2) is 10.4 Å². The molecule has 0 radical (unpaired) electrons.